The molecule has 0 unspecified atom stereocenters. The van der Waals surface area contributed by atoms with Crippen molar-refractivity contribution >= 4 is 0 Å². The van der Waals surface area contributed by atoms with E-state index in [-0.39, 0.29) is 0 Å². The first kappa shape index (κ1) is 8.17. The second kappa shape index (κ2) is 3.46. The van der Waals surface area contributed by atoms with Gasteiger partial charge in [0.2, 0.25) is 0 Å². The van der Waals surface area contributed by atoms with Gasteiger partial charge in [-0.3, -0.25) is 0 Å². The number of nitrogens with zero attached hydrogens (tertiary/aromatic N) is 2. The summed E-state index contributed by atoms with van der Waals surface area (Å²) in [6, 6.07) is 1.62. The lowest BCUT2D eigenvalue weighted by Crippen LogP contribution is -1.99. The van der Waals surface area contributed by atoms with Crippen molar-refractivity contribution in [3.05, 3.63) is 18.0 Å². The van der Waals surface area contributed by atoms with Crippen LogP contribution in [0, 0.1) is 0 Å². The Morgan fingerprint density at radius 2 is 2.36 bits per heavy atom. The molecule has 1 aromatic heterocycles. The van der Waals surface area contributed by atoms with Crippen LogP contribution in [0.15, 0.2) is 12.3 Å². The summed E-state index contributed by atoms with van der Waals surface area (Å²) in [5.41, 5.74) is 0.729. The molecule has 0 atom stereocenters. The van der Waals surface area contributed by atoms with E-state index in [1.165, 1.54) is 6.20 Å². The van der Waals surface area contributed by atoms with Crippen LogP contribution in [-0.4, -0.2) is 9.78 Å². The fourth-order valence-electron chi connectivity index (χ4n) is 0.876. The zero-order chi connectivity index (χ0) is 8.27. The standard InChI is InChI=1S/C7H10F2N2/c1-2-3-6-4-5-11(10-6)7(8)9/h4-5,7H,2-3H2,1H3. The Morgan fingerprint density at radius 3 is 2.82 bits per heavy atom. The Hall–Kier alpha value is -0.930. The van der Waals surface area contributed by atoms with E-state index in [0.717, 1.165) is 18.5 Å². The smallest absolute Gasteiger partial charge is 0.211 e. The number of alkyl halides is 2. The molecule has 0 radical (unpaired) electrons. The highest BCUT2D eigenvalue weighted by Crippen LogP contribution is 2.09. The maximum atomic E-state index is 11.9. The number of halogens is 2. The molecule has 62 valence electrons. The molecule has 0 aliphatic heterocycles. The van der Waals surface area contributed by atoms with Gasteiger partial charge >= 0.3 is 6.55 Å². The highest BCUT2D eigenvalue weighted by atomic mass is 19.3. The third-order valence-corrected chi connectivity index (χ3v) is 1.37. The lowest BCUT2D eigenvalue weighted by molar-refractivity contribution is 0.0562. The van der Waals surface area contributed by atoms with Crippen molar-refractivity contribution in [1.82, 2.24) is 9.78 Å². The largest absolute Gasteiger partial charge is 0.333 e. The molecule has 0 amide bonds. The maximum Gasteiger partial charge on any atom is 0.333 e. The Kier molecular flexibility index (Phi) is 2.57. The summed E-state index contributed by atoms with van der Waals surface area (Å²) >= 11 is 0. The summed E-state index contributed by atoms with van der Waals surface area (Å²) in [4.78, 5) is 0. The van der Waals surface area contributed by atoms with E-state index in [9.17, 15) is 8.78 Å². The van der Waals surface area contributed by atoms with Gasteiger partial charge in [0.25, 0.3) is 0 Å². The van der Waals surface area contributed by atoms with Crippen molar-refractivity contribution in [2.24, 2.45) is 0 Å². The van der Waals surface area contributed by atoms with E-state index >= 15 is 0 Å². The SMILES string of the molecule is CCCc1ccn(C(F)F)n1. The number of aryl methyl sites for hydroxylation is 1. The van der Waals surface area contributed by atoms with Crippen LogP contribution in [0.4, 0.5) is 8.78 Å². The van der Waals surface area contributed by atoms with Crippen LogP contribution in [0.3, 0.4) is 0 Å². The van der Waals surface area contributed by atoms with Gasteiger partial charge in [-0.25, -0.2) is 4.68 Å². The average molecular weight is 160 g/mol. The second-order valence-electron chi connectivity index (χ2n) is 2.31. The summed E-state index contributed by atoms with van der Waals surface area (Å²) in [6.45, 7) is -0.526. The van der Waals surface area contributed by atoms with Gasteiger partial charge < -0.3 is 0 Å². The maximum absolute atomic E-state index is 11.9. The first-order valence-corrected chi connectivity index (χ1v) is 3.56. The molecule has 0 saturated carbocycles. The number of rotatable bonds is 3. The molecular formula is C7H10F2N2. The number of aromatic nitrogens is 2. The third-order valence-electron chi connectivity index (χ3n) is 1.37. The van der Waals surface area contributed by atoms with Crippen LogP contribution < -0.4 is 0 Å². The predicted molar refractivity (Wildman–Crippen MR) is 37.5 cm³/mol. The summed E-state index contributed by atoms with van der Waals surface area (Å²) in [7, 11) is 0. The lowest BCUT2D eigenvalue weighted by Gasteiger charge is -1.95. The van der Waals surface area contributed by atoms with E-state index in [1.54, 1.807) is 6.07 Å². The molecule has 1 aromatic rings. The molecule has 0 saturated heterocycles. The Balaban J connectivity index is 2.66. The molecule has 1 heterocycles. The van der Waals surface area contributed by atoms with Crippen LogP contribution in [0.1, 0.15) is 25.6 Å². The molecule has 0 fully saturated rings. The van der Waals surface area contributed by atoms with E-state index in [1.807, 2.05) is 6.92 Å². The van der Waals surface area contributed by atoms with Gasteiger partial charge in [0.15, 0.2) is 0 Å². The van der Waals surface area contributed by atoms with Gasteiger partial charge in [-0.05, 0) is 12.5 Å². The van der Waals surface area contributed by atoms with Gasteiger partial charge in [0.1, 0.15) is 0 Å². The summed E-state index contributed by atoms with van der Waals surface area (Å²) in [5.74, 6) is 0. The molecule has 4 heteroatoms. The lowest BCUT2D eigenvalue weighted by atomic mass is 10.3. The minimum atomic E-state index is -2.51. The molecular weight excluding hydrogens is 150 g/mol. The van der Waals surface area contributed by atoms with Gasteiger partial charge in [-0.2, -0.15) is 13.9 Å². The topological polar surface area (TPSA) is 17.8 Å². The summed E-state index contributed by atoms with van der Waals surface area (Å²) in [5, 5.41) is 3.67. The minimum Gasteiger partial charge on any atom is -0.211 e. The van der Waals surface area contributed by atoms with Gasteiger partial charge in [-0.1, -0.05) is 13.3 Å². The second-order valence-corrected chi connectivity index (χ2v) is 2.31. The van der Waals surface area contributed by atoms with Crippen LogP contribution in [0.25, 0.3) is 0 Å². The highest BCUT2D eigenvalue weighted by Gasteiger charge is 2.05. The minimum absolute atomic E-state index is 0.672. The predicted octanol–water partition coefficient (Wildman–Crippen LogP) is 2.23. The molecule has 11 heavy (non-hydrogen) atoms. The quantitative estimate of drug-likeness (QED) is 0.663. The van der Waals surface area contributed by atoms with Crippen molar-refractivity contribution in [2.45, 2.75) is 26.3 Å². The van der Waals surface area contributed by atoms with Crippen LogP contribution >= 0.6 is 0 Å². The van der Waals surface area contributed by atoms with E-state index in [4.69, 9.17) is 0 Å². The highest BCUT2D eigenvalue weighted by molar-refractivity contribution is 4.98. The molecule has 2 nitrogen and oxygen atoms in total. The third kappa shape index (κ3) is 2.00. The number of hydrogen-bond acceptors (Lipinski definition) is 1. The van der Waals surface area contributed by atoms with Crippen LogP contribution in [0.2, 0.25) is 0 Å². The zero-order valence-electron chi connectivity index (χ0n) is 6.30. The summed E-state index contributed by atoms with van der Waals surface area (Å²) < 4.78 is 24.5. The fraction of sp³-hybridized carbons (Fsp3) is 0.571. The molecule has 0 spiro atoms. The van der Waals surface area contributed by atoms with Crippen LogP contribution in [0.5, 0.6) is 0 Å². The fourth-order valence-corrected chi connectivity index (χ4v) is 0.876. The van der Waals surface area contributed by atoms with Crippen molar-refractivity contribution in [1.29, 1.82) is 0 Å². The first-order valence-electron chi connectivity index (χ1n) is 3.56. The van der Waals surface area contributed by atoms with Gasteiger partial charge in [0, 0.05) is 6.20 Å². The molecule has 1 rings (SSSR count). The van der Waals surface area contributed by atoms with Crippen molar-refractivity contribution in [3.63, 3.8) is 0 Å². The van der Waals surface area contributed by atoms with Crippen molar-refractivity contribution in [3.8, 4) is 0 Å². The zero-order valence-corrected chi connectivity index (χ0v) is 6.30. The average Bonchev–Trinajstić information content (AvgIpc) is 2.37. The number of hydrogen-bond donors (Lipinski definition) is 0. The van der Waals surface area contributed by atoms with Crippen molar-refractivity contribution in [2.75, 3.05) is 0 Å². The summed E-state index contributed by atoms with van der Waals surface area (Å²) in [6.07, 6.45) is 3.00. The Bertz CT molecular complexity index is 220. The molecule has 0 bridgehead atoms. The van der Waals surface area contributed by atoms with Crippen LogP contribution in [-0.2, 0) is 6.42 Å². The monoisotopic (exact) mass is 160 g/mol. The molecule has 0 aromatic carbocycles. The molecule has 0 aliphatic carbocycles. The Labute approximate surface area is 63.8 Å². The molecule has 0 aliphatic rings. The normalized spacial score (nSPS) is 10.9. The van der Waals surface area contributed by atoms with E-state index in [0.29, 0.717) is 4.68 Å². The van der Waals surface area contributed by atoms with Crippen molar-refractivity contribution < 1.29 is 8.78 Å². The van der Waals surface area contributed by atoms with E-state index in [2.05, 4.69) is 5.10 Å². The molecule has 0 N–H and O–H groups in total. The van der Waals surface area contributed by atoms with Gasteiger partial charge in [0.05, 0.1) is 5.69 Å². The first-order chi connectivity index (χ1) is 5.24. The van der Waals surface area contributed by atoms with Gasteiger partial charge in [-0.15, -0.1) is 0 Å². The Morgan fingerprint density at radius 1 is 1.64 bits per heavy atom. The van der Waals surface area contributed by atoms with E-state index < -0.39 is 6.55 Å².